The van der Waals surface area contributed by atoms with Crippen molar-refractivity contribution < 1.29 is 4.79 Å². The molecule has 0 aliphatic heterocycles. The fourth-order valence-corrected chi connectivity index (χ4v) is 2.41. The van der Waals surface area contributed by atoms with Gasteiger partial charge in [-0.3, -0.25) is 4.79 Å². The highest BCUT2D eigenvalue weighted by molar-refractivity contribution is 6.36. The quantitative estimate of drug-likeness (QED) is 0.840. The molecule has 3 N–H and O–H groups in total. The van der Waals surface area contributed by atoms with Crippen molar-refractivity contribution in [2.45, 2.75) is 13.0 Å². The summed E-state index contributed by atoms with van der Waals surface area (Å²) >= 11 is 12.1. The van der Waals surface area contributed by atoms with Crippen molar-refractivity contribution in [1.82, 2.24) is 5.32 Å². The Labute approximate surface area is 127 Å². The molecule has 0 saturated heterocycles. The molecule has 0 radical (unpaired) electrons. The number of benzene rings is 2. The van der Waals surface area contributed by atoms with Gasteiger partial charge in [-0.05, 0) is 30.7 Å². The second-order valence-electron chi connectivity index (χ2n) is 4.43. The lowest BCUT2D eigenvalue weighted by Crippen LogP contribution is -2.27. The van der Waals surface area contributed by atoms with Crippen molar-refractivity contribution in [3.05, 3.63) is 63.6 Å². The van der Waals surface area contributed by atoms with Gasteiger partial charge in [-0.1, -0.05) is 47.5 Å². The number of nitrogens with one attached hydrogen (secondary N) is 1. The number of carbonyl (C=O) groups excluding carboxylic acids is 1. The van der Waals surface area contributed by atoms with Crippen LogP contribution in [0.3, 0.4) is 0 Å². The summed E-state index contributed by atoms with van der Waals surface area (Å²) in [5, 5.41) is 3.73. The highest BCUT2D eigenvalue weighted by atomic mass is 35.5. The van der Waals surface area contributed by atoms with Crippen LogP contribution < -0.4 is 11.1 Å². The predicted octanol–water partition coefficient (Wildman–Crippen LogP) is 4.07. The van der Waals surface area contributed by atoms with Gasteiger partial charge in [-0.2, -0.15) is 0 Å². The molecule has 20 heavy (non-hydrogen) atoms. The first kappa shape index (κ1) is 14.7. The maximum absolute atomic E-state index is 12.2. The van der Waals surface area contributed by atoms with Crippen molar-refractivity contribution in [3.8, 4) is 0 Å². The van der Waals surface area contributed by atoms with E-state index in [-0.39, 0.29) is 17.0 Å². The Kier molecular flexibility index (Phi) is 4.53. The summed E-state index contributed by atoms with van der Waals surface area (Å²) in [5.74, 6) is -0.283. The van der Waals surface area contributed by atoms with Crippen molar-refractivity contribution in [2.75, 3.05) is 5.73 Å². The molecule has 1 unspecified atom stereocenters. The van der Waals surface area contributed by atoms with E-state index < -0.39 is 0 Å². The van der Waals surface area contributed by atoms with Gasteiger partial charge in [0.1, 0.15) is 0 Å². The van der Waals surface area contributed by atoms with Crippen LogP contribution in [0.2, 0.25) is 10.0 Å². The molecule has 3 nitrogen and oxygen atoms in total. The van der Waals surface area contributed by atoms with E-state index in [1.54, 1.807) is 24.3 Å². The van der Waals surface area contributed by atoms with E-state index >= 15 is 0 Å². The van der Waals surface area contributed by atoms with Crippen LogP contribution in [0.4, 0.5) is 5.69 Å². The highest BCUT2D eigenvalue weighted by Gasteiger charge is 2.16. The predicted molar refractivity (Wildman–Crippen MR) is 83.2 cm³/mol. The first-order valence-corrected chi connectivity index (χ1v) is 6.85. The van der Waals surface area contributed by atoms with E-state index in [0.29, 0.717) is 16.3 Å². The lowest BCUT2D eigenvalue weighted by molar-refractivity contribution is 0.0940. The van der Waals surface area contributed by atoms with Crippen LogP contribution >= 0.6 is 23.2 Å². The Morgan fingerprint density at radius 1 is 1.15 bits per heavy atom. The van der Waals surface area contributed by atoms with Gasteiger partial charge < -0.3 is 11.1 Å². The third kappa shape index (κ3) is 3.06. The zero-order valence-corrected chi connectivity index (χ0v) is 12.4. The Bertz CT molecular complexity index is 644. The van der Waals surface area contributed by atoms with Gasteiger partial charge in [0, 0.05) is 5.02 Å². The summed E-state index contributed by atoms with van der Waals surface area (Å²) in [7, 11) is 0. The third-order valence-electron chi connectivity index (χ3n) is 2.99. The van der Waals surface area contributed by atoms with E-state index in [9.17, 15) is 4.79 Å². The molecule has 1 amide bonds. The Morgan fingerprint density at radius 2 is 1.85 bits per heavy atom. The molecule has 0 spiro atoms. The second-order valence-corrected chi connectivity index (χ2v) is 5.21. The second kappa shape index (κ2) is 6.16. The Balaban J connectivity index is 2.20. The van der Waals surface area contributed by atoms with Crippen LogP contribution in [0, 0.1) is 0 Å². The molecule has 2 aromatic carbocycles. The number of halogens is 2. The summed E-state index contributed by atoms with van der Waals surface area (Å²) in [5.41, 5.74) is 7.27. The maximum Gasteiger partial charge on any atom is 0.253 e. The van der Waals surface area contributed by atoms with Gasteiger partial charge in [0.05, 0.1) is 22.3 Å². The number of nitrogen functional groups attached to an aromatic ring is 1. The molecule has 0 heterocycles. The number of rotatable bonds is 3. The number of anilines is 1. The summed E-state index contributed by atoms with van der Waals surface area (Å²) in [6.45, 7) is 1.86. The molecule has 1 atom stereocenters. The smallest absolute Gasteiger partial charge is 0.253 e. The topological polar surface area (TPSA) is 55.1 Å². The van der Waals surface area contributed by atoms with Crippen molar-refractivity contribution >= 4 is 34.8 Å². The summed E-state index contributed by atoms with van der Waals surface area (Å²) < 4.78 is 0. The molecule has 0 aromatic heterocycles. The molecular weight excluding hydrogens is 295 g/mol. The Morgan fingerprint density at radius 3 is 2.55 bits per heavy atom. The zero-order valence-electron chi connectivity index (χ0n) is 10.9. The van der Waals surface area contributed by atoms with Gasteiger partial charge in [0.15, 0.2) is 0 Å². The fraction of sp³-hybridized carbons (Fsp3) is 0.133. The van der Waals surface area contributed by atoms with Crippen LogP contribution in [0.25, 0.3) is 0 Å². The van der Waals surface area contributed by atoms with E-state index in [0.717, 1.165) is 5.56 Å². The van der Waals surface area contributed by atoms with Gasteiger partial charge in [0.2, 0.25) is 0 Å². The average molecular weight is 309 g/mol. The number of carbonyl (C=O) groups is 1. The molecule has 2 aromatic rings. The molecule has 0 fully saturated rings. The SMILES string of the molecule is CC(NC(=O)c1cccc(N)c1Cl)c1ccccc1Cl. The number of hydrogen-bond acceptors (Lipinski definition) is 2. The fourth-order valence-electron chi connectivity index (χ4n) is 1.90. The molecule has 104 valence electrons. The van der Waals surface area contributed by atoms with Crippen molar-refractivity contribution in [3.63, 3.8) is 0 Å². The minimum absolute atomic E-state index is 0.228. The Hall–Kier alpha value is -1.71. The molecule has 0 aliphatic carbocycles. The van der Waals surface area contributed by atoms with Gasteiger partial charge in [-0.25, -0.2) is 0 Å². The zero-order chi connectivity index (χ0) is 14.7. The van der Waals surface area contributed by atoms with Crippen LogP contribution in [0.1, 0.15) is 28.9 Å². The molecular formula is C15H14Cl2N2O. The van der Waals surface area contributed by atoms with Crippen LogP contribution in [0.15, 0.2) is 42.5 Å². The van der Waals surface area contributed by atoms with Crippen molar-refractivity contribution in [1.29, 1.82) is 0 Å². The normalized spacial score (nSPS) is 11.9. The lowest BCUT2D eigenvalue weighted by atomic mass is 10.1. The first-order chi connectivity index (χ1) is 9.50. The standard InChI is InChI=1S/C15H14Cl2N2O/c1-9(10-5-2-3-7-12(10)16)19-15(20)11-6-4-8-13(18)14(11)17/h2-9H,18H2,1H3,(H,19,20). The number of hydrogen-bond donors (Lipinski definition) is 2. The molecule has 0 aliphatic rings. The van der Waals surface area contributed by atoms with Crippen LogP contribution in [-0.4, -0.2) is 5.91 Å². The number of nitrogens with two attached hydrogens (primary N) is 1. The molecule has 0 saturated carbocycles. The summed E-state index contributed by atoms with van der Waals surface area (Å²) in [4.78, 5) is 12.2. The van der Waals surface area contributed by atoms with E-state index in [1.165, 1.54) is 0 Å². The van der Waals surface area contributed by atoms with Gasteiger partial charge in [-0.15, -0.1) is 0 Å². The van der Waals surface area contributed by atoms with Crippen LogP contribution in [0.5, 0.6) is 0 Å². The minimum atomic E-state index is -0.283. The monoisotopic (exact) mass is 308 g/mol. The van der Waals surface area contributed by atoms with E-state index in [4.69, 9.17) is 28.9 Å². The number of amides is 1. The summed E-state index contributed by atoms with van der Waals surface area (Å²) in [6, 6.07) is 12.1. The maximum atomic E-state index is 12.2. The van der Waals surface area contributed by atoms with Crippen molar-refractivity contribution in [2.24, 2.45) is 0 Å². The third-order valence-corrected chi connectivity index (χ3v) is 3.76. The molecule has 2 rings (SSSR count). The van der Waals surface area contributed by atoms with Gasteiger partial charge in [0.25, 0.3) is 5.91 Å². The van der Waals surface area contributed by atoms with E-state index in [1.807, 2.05) is 25.1 Å². The lowest BCUT2D eigenvalue weighted by Gasteiger charge is -2.16. The highest BCUT2D eigenvalue weighted by Crippen LogP contribution is 2.25. The largest absolute Gasteiger partial charge is 0.398 e. The van der Waals surface area contributed by atoms with E-state index in [2.05, 4.69) is 5.32 Å². The first-order valence-electron chi connectivity index (χ1n) is 6.10. The molecule has 5 heteroatoms. The van der Waals surface area contributed by atoms with Crippen LogP contribution in [-0.2, 0) is 0 Å². The minimum Gasteiger partial charge on any atom is -0.398 e. The molecule has 0 bridgehead atoms. The average Bonchev–Trinajstić information content (AvgIpc) is 2.42. The van der Waals surface area contributed by atoms with Gasteiger partial charge >= 0.3 is 0 Å². The summed E-state index contributed by atoms with van der Waals surface area (Å²) in [6.07, 6.45) is 0.